The van der Waals surface area contributed by atoms with E-state index in [1.807, 2.05) is 30.9 Å². The molecule has 1 amide bonds. The average molecular weight is 377 g/mol. The minimum atomic E-state index is -0.347. The minimum Gasteiger partial charge on any atom is -0.354 e. The third-order valence-corrected chi connectivity index (χ3v) is 5.19. The van der Waals surface area contributed by atoms with Crippen molar-refractivity contribution in [3.05, 3.63) is 65.1 Å². The molecular weight excluding hydrogens is 353 g/mol. The van der Waals surface area contributed by atoms with Crippen molar-refractivity contribution in [3.63, 3.8) is 0 Å². The maximum absolute atomic E-state index is 14.0. The normalized spacial score (nSPS) is 14.3. The van der Waals surface area contributed by atoms with Gasteiger partial charge in [-0.05, 0) is 74.6 Å². The number of rotatable bonds is 3. The zero-order valence-electron chi connectivity index (χ0n) is 16.3. The maximum atomic E-state index is 14.0. The summed E-state index contributed by atoms with van der Waals surface area (Å²) in [7, 11) is 0. The summed E-state index contributed by atoms with van der Waals surface area (Å²) in [6.45, 7) is 5.57. The van der Waals surface area contributed by atoms with Gasteiger partial charge in [0.25, 0.3) is 5.91 Å². The van der Waals surface area contributed by atoms with Crippen molar-refractivity contribution in [2.45, 2.75) is 33.1 Å². The monoisotopic (exact) mass is 377 g/mol. The highest BCUT2D eigenvalue weighted by molar-refractivity contribution is 6.08. The number of benzene rings is 2. The second-order valence-electron chi connectivity index (χ2n) is 7.56. The minimum absolute atomic E-state index is 0.0507. The maximum Gasteiger partial charge on any atom is 0.257 e. The largest absolute Gasteiger partial charge is 0.354 e. The number of pyridine rings is 1. The first-order valence-electron chi connectivity index (χ1n) is 9.74. The number of hydrogen-bond acceptors (Lipinski definition) is 3. The van der Waals surface area contributed by atoms with Crippen LogP contribution in [0.2, 0.25) is 0 Å². The van der Waals surface area contributed by atoms with Gasteiger partial charge in [0, 0.05) is 30.4 Å². The van der Waals surface area contributed by atoms with E-state index in [1.165, 1.54) is 12.1 Å². The number of anilines is 2. The van der Waals surface area contributed by atoms with Gasteiger partial charge in [-0.25, -0.2) is 4.39 Å². The molecule has 0 atom stereocenters. The lowest BCUT2D eigenvalue weighted by Crippen LogP contribution is -2.36. The van der Waals surface area contributed by atoms with E-state index in [4.69, 9.17) is 0 Å². The lowest BCUT2D eigenvalue weighted by molar-refractivity contribution is 0.0725. The van der Waals surface area contributed by atoms with Gasteiger partial charge in [-0.15, -0.1) is 0 Å². The third-order valence-electron chi connectivity index (χ3n) is 5.19. The Balaban J connectivity index is 1.84. The molecule has 0 radical (unpaired) electrons. The molecule has 1 saturated heterocycles. The Bertz CT molecular complexity index is 1020. The molecule has 28 heavy (non-hydrogen) atoms. The molecule has 2 aromatic carbocycles. The standard InChI is InChI=1S/C23H24FN3O/c1-15-10-16(2)12-18(11-15)26-22-19-13-17(24)6-7-21(19)25-14-20(22)23(28)27-8-4-3-5-9-27/h6-7,10-14H,3-5,8-9H2,1-2H3,(H,25,26). The Morgan fingerprint density at radius 3 is 2.46 bits per heavy atom. The Morgan fingerprint density at radius 2 is 1.75 bits per heavy atom. The Kier molecular flexibility index (Phi) is 4.99. The molecule has 2 heterocycles. The van der Waals surface area contributed by atoms with Gasteiger partial charge < -0.3 is 10.2 Å². The van der Waals surface area contributed by atoms with Crippen LogP contribution in [-0.4, -0.2) is 28.9 Å². The van der Waals surface area contributed by atoms with Crippen molar-refractivity contribution in [1.29, 1.82) is 0 Å². The number of nitrogens with zero attached hydrogens (tertiary/aromatic N) is 2. The first kappa shape index (κ1) is 18.4. The lowest BCUT2D eigenvalue weighted by Gasteiger charge is -2.27. The van der Waals surface area contributed by atoms with Crippen LogP contribution in [0.1, 0.15) is 40.7 Å². The van der Waals surface area contributed by atoms with Gasteiger partial charge in [0.15, 0.2) is 0 Å². The third kappa shape index (κ3) is 3.70. The van der Waals surface area contributed by atoms with E-state index in [0.717, 1.165) is 49.2 Å². The van der Waals surface area contributed by atoms with E-state index >= 15 is 0 Å². The number of nitrogens with one attached hydrogen (secondary N) is 1. The molecule has 1 fully saturated rings. The smallest absolute Gasteiger partial charge is 0.257 e. The van der Waals surface area contributed by atoms with Crippen molar-refractivity contribution < 1.29 is 9.18 Å². The topological polar surface area (TPSA) is 45.2 Å². The van der Waals surface area contributed by atoms with Crippen LogP contribution in [0.25, 0.3) is 10.9 Å². The fourth-order valence-electron chi connectivity index (χ4n) is 3.92. The summed E-state index contributed by atoms with van der Waals surface area (Å²) >= 11 is 0. The number of aromatic nitrogens is 1. The number of hydrogen-bond donors (Lipinski definition) is 1. The van der Waals surface area contributed by atoms with E-state index in [2.05, 4.69) is 16.4 Å². The molecular formula is C23H24FN3O. The zero-order valence-corrected chi connectivity index (χ0v) is 16.3. The molecule has 4 rings (SSSR count). The first-order valence-corrected chi connectivity index (χ1v) is 9.74. The highest BCUT2D eigenvalue weighted by atomic mass is 19.1. The van der Waals surface area contributed by atoms with E-state index in [0.29, 0.717) is 22.2 Å². The number of fused-ring (bicyclic) bond motifs is 1. The van der Waals surface area contributed by atoms with Crippen molar-refractivity contribution in [1.82, 2.24) is 9.88 Å². The number of carbonyl (C=O) groups is 1. The summed E-state index contributed by atoms with van der Waals surface area (Å²) in [6, 6.07) is 10.6. The molecule has 5 heteroatoms. The van der Waals surface area contributed by atoms with Crippen LogP contribution in [0.4, 0.5) is 15.8 Å². The number of halogens is 1. The second-order valence-corrected chi connectivity index (χ2v) is 7.56. The highest BCUT2D eigenvalue weighted by Crippen LogP contribution is 2.31. The van der Waals surface area contributed by atoms with E-state index in [1.54, 1.807) is 12.3 Å². The van der Waals surface area contributed by atoms with Crippen LogP contribution in [0.5, 0.6) is 0 Å². The summed E-state index contributed by atoms with van der Waals surface area (Å²) in [5, 5.41) is 4.00. The average Bonchev–Trinajstić information content (AvgIpc) is 2.68. The molecule has 0 spiro atoms. The molecule has 0 saturated carbocycles. The quantitative estimate of drug-likeness (QED) is 0.668. The van der Waals surface area contributed by atoms with Crippen LogP contribution in [0, 0.1) is 19.7 Å². The number of carbonyl (C=O) groups excluding carboxylic acids is 1. The van der Waals surface area contributed by atoms with Crippen molar-refractivity contribution in [2.75, 3.05) is 18.4 Å². The SMILES string of the molecule is Cc1cc(C)cc(Nc2c(C(=O)N3CCCCC3)cnc3ccc(F)cc23)c1. The predicted octanol–water partition coefficient (Wildman–Crippen LogP) is 5.36. The van der Waals surface area contributed by atoms with E-state index < -0.39 is 0 Å². The molecule has 3 aromatic rings. The molecule has 1 aliphatic heterocycles. The van der Waals surface area contributed by atoms with Crippen LogP contribution >= 0.6 is 0 Å². The molecule has 1 aliphatic rings. The molecule has 0 aliphatic carbocycles. The van der Waals surface area contributed by atoms with Gasteiger partial charge in [-0.2, -0.15) is 0 Å². The van der Waals surface area contributed by atoms with Gasteiger partial charge in [0.05, 0.1) is 16.8 Å². The fourth-order valence-corrected chi connectivity index (χ4v) is 3.92. The van der Waals surface area contributed by atoms with Gasteiger partial charge in [0.1, 0.15) is 5.82 Å². The second kappa shape index (κ2) is 7.58. The summed E-state index contributed by atoms with van der Waals surface area (Å²) in [4.78, 5) is 19.5. The van der Waals surface area contributed by atoms with Crippen LogP contribution < -0.4 is 5.32 Å². The number of amides is 1. The van der Waals surface area contributed by atoms with Crippen molar-refractivity contribution in [3.8, 4) is 0 Å². The number of aryl methyl sites for hydroxylation is 2. The van der Waals surface area contributed by atoms with E-state index in [-0.39, 0.29) is 11.7 Å². The predicted molar refractivity (Wildman–Crippen MR) is 111 cm³/mol. The van der Waals surface area contributed by atoms with Crippen molar-refractivity contribution in [2.24, 2.45) is 0 Å². The van der Waals surface area contributed by atoms with Crippen LogP contribution in [0.15, 0.2) is 42.6 Å². The molecule has 4 nitrogen and oxygen atoms in total. The fraction of sp³-hybridized carbons (Fsp3) is 0.304. The Morgan fingerprint density at radius 1 is 1.04 bits per heavy atom. The van der Waals surface area contributed by atoms with E-state index in [9.17, 15) is 9.18 Å². The van der Waals surface area contributed by atoms with Crippen molar-refractivity contribution >= 4 is 28.2 Å². The Labute approximate surface area is 164 Å². The summed E-state index contributed by atoms with van der Waals surface area (Å²) < 4.78 is 14.0. The van der Waals surface area contributed by atoms with Crippen LogP contribution in [0.3, 0.4) is 0 Å². The Hall–Kier alpha value is -2.95. The van der Waals surface area contributed by atoms with Gasteiger partial charge in [-0.3, -0.25) is 9.78 Å². The first-order chi connectivity index (χ1) is 13.5. The highest BCUT2D eigenvalue weighted by Gasteiger charge is 2.23. The van der Waals surface area contributed by atoms with Gasteiger partial charge >= 0.3 is 0 Å². The van der Waals surface area contributed by atoms with Gasteiger partial charge in [0.2, 0.25) is 0 Å². The number of piperidine rings is 1. The molecule has 1 aromatic heterocycles. The summed E-state index contributed by atoms with van der Waals surface area (Å²) in [6.07, 6.45) is 4.79. The summed E-state index contributed by atoms with van der Waals surface area (Å²) in [5.74, 6) is -0.398. The molecule has 144 valence electrons. The molecule has 0 bridgehead atoms. The zero-order chi connectivity index (χ0) is 19.7. The lowest BCUT2D eigenvalue weighted by atomic mass is 10.0. The summed E-state index contributed by atoms with van der Waals surface area (Å²) in [5.41, 5.74) is 4.88. The van der Waals surface area contributed by atoms with Gasteiger partial charge in [-0.1, -0.05) is 6.07 Å². The van der Waals surface area contributed by atoms with Crippen LogP contribution in [-0.2, 0) is 0 Å². The number of likely N-dealkylation sites (tertiary alicyclic amines) is 1. The molecule has 0 unspecified atom stereocenters. The molecule has 1 N–H and O–H groups in total.